The van der Waals surface area contributed by atoms with Gasteiger partial charge in [0.15, 0.2) is 0 Å². The van der Waals surface area contributed by atoms with E-state index in [1.54, 1.807) is 17.0 Å². The van der Waals surface area contributed by atoms with Crippen LogP contribution in [-0.2, 0) is 15.4 Å². The maximum Gasteiger partial charge on any atom is 0.258 e. The van der Waals surface area contributed by atoms with Gasteiger partial charge in [0.1, 0.15) is 0 Å². The van der Waals surface area contributed by atoms with Crippen LogP contribution in [0.5, 0.6) is 0 Å². The zero-order chi connectivity index (χ0) is 25.3. The fourth-order valence-electron chi connectivity index (χ4n) is 6.46. The number of carbonyl (C=O) groups excluding carboxylic acids is 1. The highest BCUT2D eigenvalue weighted by Gasteiger charge is 2.53. The molecular weight excluding hydrogens is 550 g/mol. The fourth-order valence-corrected chi connectivity index (χ4v) is 8.38. The third-order valence-corrected chi connectivity index (χ3v) is 11.4. The van der Waals surface area contributed by atoms with E-state index in [-0.39, 0.29) is 35.7 Å². The number of hydrogen-bond acceptors (Lipinski definition) is 3. The number of alkyl halides is 2. The number of amides is 1. The molecule has 2 aliphatic heterocycles. The largest absolute Gasteiger partial charge is 0.307 e. The van der Waals surface area contributed by atoms with Crippen LogP contribution in [-0.4, -0.2) is 44.7 Å². The van der Waals surface area contributed by atoms with Gasteiger partial charge in [0.2, 0.25) is 16.4 Å². The van der Waals surface area contributed by atoms with Crippen molar-refractivity contribution in [3.05, 3.63) is 58.1 Å². The average molecular weight is 580 g/mol. The predicted octanol–water partition coefficient (Wildman–Crippen LogP) is 5.98. The molecule has 192 valence electrons. The van der Waals surface area contributed by atoms with Crippen molar-refractivity contribution in [1.82, 2.24) is 4.31 Å². The third kappa shape index (κ3) is 4.02. The molecule has 0 radical (unpaired) electrons. The number of hydrogen-bond donors (Lipinski definition) is 0. The number of benzene rings is 2. The maximum atomic E-state index is 13.8. The number of sulfonamides is 1. The molecule has 1 amide bonds. The number of carbonyl (C=O) groups is 1. The third-order valence-electron chi connectivity index (χ3n) is 9.01. The Morgan fingerprint density at radius 3 is 2.42 bits per heavy atom. The number of rotatable bonds is 4. The number of fused-ring (bicyclic) bond motifs is 2. The van der Waals surface area contributed by atoms with E-state index in [0.29, 0.717) is 17.5 Å². The van der Waals surface area contributed by atoms with Crippen molar-refractivity contribution in [2.45, 2.75) is 61.7 Å². The molecule has 2 spiro atoms. The maximum absolute atomic E-state index is 13.8. The molecule has 2 aromatic rings. The quantitative estimate of drug-likeness (QED) is 0.448. The summed E-state index contributed by atoms with van der Waals surface area (Å²) in [5.74, 6) is -1.18. The lowest BCUT2D eigenvalue weighted by molar-refractivity contribution is 0.0845. The Bertz CT molecular complexity index is 1320. The molecule has 1 atom stereocenters. The molecule has 0 aromatic heterocycles. The molecule has 3 fully saturated rings. The fraction of sp³-hybridized carbons (Fsp3) is 0.519. The minimum absolute atomic E-state index is 0.0263. The van der Waals surface area contributed by atoms with Crippen molar-refractivity contribution in [3.8, 4) is 0 Å². The summed E-state index contributed by atoms with van der Waals surface area (Å²) >= 11 is 3.61. The summed E-state index contributed by atoms with van der Waals surface area (Å²) < 4.78 is 54.7. The average Bonchev–Trinajstić information content (AvgIpc) is 3.30. The molecule has 1 unspecified atom stereocenters. The van der Waals surface area contributed by atoms with Gasteiger partial charge in [-0.05, 0) is 92.3 Å². The van der Waals surface area contributed by atoms with Gasteiger partial charge < -0.3 is 4.90 Å². The Hall–Kier alpha value is -1.84. The minimum atomic E-state index is -3.96. The summed E-state index contributed by atoms with van der Waals surface area (Å²) in [6.07, 6.45) is 4.69. The molecule has 2 heterocycles. The first-order chi connectivity index (χ1) is 17.1. The summed E-state index contributed by atoms with van der Waals surface area (Å²) in [4.78, 5) is 15.6. The normalized spacial score (nSPS) is 24.6. The first-order valence-electron chi connectivity index (χ1n) is 12.6. The summed E-state index contributed by atoms with van der Waals surface area (Å²) in [6.45, 7) is 0.456. The SMILES string of the molecule is O=C(c1cccc(S(=O)(=O)N2CCC(C(F)F)C2)c1)N1CC2(CCC3(CC3)CC2)c2cc(Br)ccc21. The van der Waals surface area contributed by atoms with Gasteiger partial charge >= 0.3 is 0 Å². The highest BCUT2D eigenvalue weighted by Crippen LogP contribution is 2.62. The Balaban J connectivity index is 1.29. The van der Waals surface area contributed by atoms with E-state index in [1.807, 2.05) is 12.1 Å². The highest BCUT2D eigenvalue weighted by atomic mass is 79.9. The van der Waals surface area contributed by atoms with Crippen molar-refractivity contribution >= 4 is 37.5 Å². The van der Waals surface area contributed by atoms with Crippen molar-refractivity contribution in [1.29, 1.82) is 0 Å². The monoisotopic (exact) mass is 578 g/mol. The second-order valence-corrected chi connectivity index (χ2v) is 14.0. The number of halogens is 3. The van der Waals surface area contributed by atoms with Gasteiger partial charge in [0, 0.05) is 46.7 Å². The highest BCUT2D eigenvalue weighted by molar-refractivity contribution is 9.10. The molecular formula is C27H29BrF2N2O3S. The molecule has 2 aliphatic carbocycles. The lowest BCUT2D eigenvalue weighted by atomic mass is 9.66. The van der Waals surface area contributed by atoms with E-state index >= 15 is 0 Å². The Kier molecular flexibility index (Phi) is 5.85. The Morgan fingerprint density at radius 2 is 1.75 bits per heavy atom. The van der Waals surface area contributed by atoms with E-state index in [4.69, 9.17) is 0 Å². The Morgan fingerprint density at radius 1 is 1.03 bits per heavy atom. The zero-order valence-electron chi connectivity index (χ0n) is 19.9. The van der Waals surface area contributed by atoms with E-state index < -0.39 is 22.4 Å². The molecule has 5 nitrogen and oxygen atoms in total. The van der Waals surface area contributed by atoms with Crippen LogP contribution in [0.1, 0.15) is 60.9 Å². The van der Waals surface area contributed by atoms with Gasteiger partial charge in [-0.1, -0.05) is 22.0 Å². The van der Waals surface area contributed by atoms with Gasteiger partial charge in [-0.2, -0.15) is 4.31 Å². The topological polar surface area (TPSA) is 57.7 Å². The van der Waals surface area contributed by atoms with Gasteiger partial charge in [-0.3, -0.25) is 4.79 Å². The van der Waals surface area contributed by atoms with Crippen molar-refractivity contribution in [2.75, 3.05) is 24.5 Å². The molecule has 9 heteroatoms. The Labute approximate surface area is 219 Å². The van der Waals surface area contributed by atoms with Gasteiger partial charge in [0.25, 0.3) is 5.91 Å². The first kappa shape index (κ1) is 24.5. The number of anilines is 1. The standard InChI is InChI=1S/C27H29BrF2N2O3S/c28-20-4-5-23-22(15-20)27(11-9-26(7-8-26)10-12-27)17-32(23)25(33)18-2-1-3-21(14-18)36(34,35)31-13-6-19(16-31)24(29)30/h1-5,14-15,19,24H,6-13,16-17H2. The zero-order valence-corrected chi connectivity index (χ0v) is 22.3. The van der Waals surface area contributed by atoms with Crippen LogP contribution < -0.4 is 4.90 Å². The van der Waals surface area contributed by atoms with Gasteiger partial charge in [0.05, 0.1) is 4.90 Å². The van der Waals surface area contributed by atoms with Crippen molar-refractivity contribution < 1.29 is 22.0 Å². The van der Waals surface area contributed by atoms with Crippen LogP contribution >= 0.6 is 15.9 Å². The van der Waals surface area contributed by atoms with E-state index in [0.717, 1.165) is 27.3 Å². The van der Waals surface area contributed by atoms with Crippen LogP contribution in [0.3, 0.4) is 0 Å². The molecule has 0 N–H and O–H groups in total. The molecule has 2 saturated carbocycles. The molecule has 6 rings (SSSR count). The smallest absolute Gasteiger partial charge is 0.258 e. The van der Waals surface area contributed by atoms with E-state index in [9.17, 15) is 22.0 Å². The van der Waals surface area contributed by atoms with Crippen LogP contribution in [0, 0.1) is 11.3 Å². The molecule has 4 aliphatic rings. The number of nitrogens with zero attached hydrogens (tertiary/aromatic N) is 2. The predicted molar refractivity (Wildman–Crippen MR) is 137 cm³/mol. The second-order valence-electron chi connectivity index (χ2n) is 11.1. The first-order valence-corrected chi connectivity index (χ1v) is 14.9. The molecule has 0 bridgehead atoms. The lowest BCUT2D eigenvalue weighted by Crippen LogP contribution is -2.40. The van der Waals surface area contributed by atoms with Crippen molar-refractivity contribution in [3.63, 3.8) is 0 Å². The van der Waals surface area contributed by atoms with Crippen LogP contribution in [0.25, 0.3) is 0 Å². The molecule has 1 saturated heterocycles. The molecule has 2 aromatic carbocycles. The minimum Gasteiger partial charge on any atom is -0.307 e. The van der Waals surface area contributed by atoms with E-state index in [1.165, 1.54) is 43.4 Å². The summed E-state index contributed by atoms with van der Waals surface area (Å²) in [7, 11) is -3.96. The van der Waals surface area contributed by atoms with Crippen LogP contribution in [0.4, 0.5) is 14.5 Å². The summed E-state index contributed by atoms with van der Waals surface area (Å²) in [6, 6.07) is 12.1. The van der Waals surface area contributed by atoms with Crippen molar-refractivity contribution in [2.24, 2.45) is 11.3 Å². The van der Waals surface area contributed by atoms with Crippen LogP contribution in [0.2, 0.25) is 0 Å². The van der Waals surface area contributed by atoms with E-state index in [2.05, 4.69) is 22.0 Å². The van der Waals surface area contributed by atoms with Gasteiger partial charge in [-0.25, -0.2) is 17.2 Å². The lowest BCUT2D eigenvalue weighted by Gasteiger charge is -2.38. The molecule has 36 heavy (non-hydrogen) atoms. The van der Waals surface area contributed by atoms with Crippen LogP contribution in [0.15, 0.2) is 51.8 Å². The summed E-state index contributed by atoms with van der Waals surface area (Å²) in [5.41, 5.74) is 2.82. The second kappa shape index (κ2) is 8.60. The van der Waals surface area contributed by atoms with Gasteiger partial charge in [-0.15, -0.1) is 0 Å². The summed E-state index contributed by atoms with van der Waals surface area (Å²) in [5, 5.41) is 0.